The number of hydrogen-bond donors (Lipinski definition) is 0. The van der Waals surface area contributed by atoms with Crippen LogP contribution in [0.15, 0.2) is 46.5 Å². The van der Waals surface area contributed by atoms with Gasteiger partial charge in [-0.25, -0.2) is 4.98 Å². The molecule has 7 nitrogen and oxygen atoms in total. The standard InChI is InChI=1S/C17H12F3N3O4S2/c1-9-2-4-10(5-3-9)23-8-22-13-12-11(27-29(25,26)17(18,19)20)6-7-21-15(12)28-14(13)16(23)24/h2-8,13-14H,1H3. The zero-order chi connectivity index (χ0) is 21.0. The summed E-state index contributed by atoms with van der Waals surface area (Å²) in [6.07, 6.45) is 2.40. The normalized spacial score (nSPS) is 21.1. The fourth-order valence-corrected chi connectivity index (χ4v) is 4.68. The molecule has 2 aromatic rings. The lowest BCUT2D eigenvalue weighted by molar-refractivity contribution is -0.117. The molecule has 0 saturated carbocycles. The molecule has 152 valence electrons. The molecule has 12 heteroatoms. The maximum absolute atomic E-state index is 13.0. The second-order valence-electron chi connectivity index (χ2n) is 6.30. The summed E-state index contributed by atoms with van der Waals surface area (Å²) in [5.41, 5.74) is -3.94. The van der Waals surface area contributed by atoms with E-state index < -0.39 is 32.7 Å². The molecule has 4 rings (SSSR count). The summed E-state index contributed by atoms with van der Waals surface area (Å²) in [6.45, 7) is 1.90. The average molecular weight is 443 g/mol. The van der Waals surface area contributed by atoms with Crippen molar-refractivity contribution in [3.05, 3.63) is 47.7 Å². The van der Waals surface area contributed by atoms with Gasteiger partial charge in [0.25, 0.3) is 0 Å². The first-order chi connectivity index (χ1) is 13.6. The zero-order valence-corrected chi connectivity index (χ0v) is 16.3. The summed E-state index contributed by atoms with van der Waals surface area (Å²) in [7, 11) is -5.87. The summed E-state index contributed by atoms with van der Waals surface area (Å²) in [5.74, 6) is -0.887. The number of pyridine rings is 1. The van der Waals surface area contributed by atoms with Gasteiger partial charge in [0.1, 0.15) is 16.3 Å². The van der Waals surface area contributed by atoms with Crippen LogP contribution in [-0.4, -0.2) is 36.4 Å². The highest BCUT2D eigenvalue weighted by molar-refractivity contribution is 8.01. The molecule has 2 aliphatic heterocycles. The van der Waals surface area contributed by atoms with Gasteiger partial charge in [0.2, 0.25) is 5.91 Å². The minimum Gasteiger partial charge on any atom is -0.375 e. The lowest BCUT2D eigenvalue weighted by Crippen LogP contribution is -2.42. The number of amides is 1. The van der Waals surface area contributed by atoms with Gasteiger partial charge >= 0.3 is 15.6 Å². The van der Waals surface area contributed by atoms with Crippen molar-refractivity contribution in [1.29, 1.82) is 0 Å². The molecular weight excluding hydrogens is 431 g/mol. The summed E-state index contributed by atoms with van der Waals surface area (Å²) in [6, 6.07) is 7.25. The number of alkyl halides is 3. The molecule has 2 aliphatic rings. The highest BCUT2D eigenvalue weighted by Crippen LogP contribution is 2.51. The van der Waals surface area contributed by atoms with E-state index in [9.17, 15) is 26.4 Å². The van der Waals surface area contributed by atoms with Crippen LogP contribution in [0.2, 0.25) is 0 Å². The summed E-state index contributed by atoms with van der Waals surface area (Å²) < 4.78 is 65.3. The minimum atomic E-state index is -5.87. The predicted octanol–water partition coefficient (Wildman–Crippen LogP) is 3.21. The third-order valence-electron chi connectivity index (χ3n) is 4.35. The van der Waals surface area contributed by atoms with Crippen LogP contribution >= 0.6 is 11.8 Å². The van der Waals surface area contributed by atoms with Crippen molar-refractivity contribution in [3.8, 4) is 5.75 Å². The minimum absolute atomic E-state index is 0.0449. The lowest BCUT2D eigenvalue weighted by atomic mass is 10.0. The SMILES string of the molecule is Cc1ccc(N2C=NC3c4c(OS(=O)(=O)C(F)(F)F)ccnc4SC3C2=O)cc1. The van der Waals surface area contributed by atoms with E-state index >= 15 is 0 Å². The van der Waals surface area contributed by atoms with Crippen molar-refractivity contribution in [2.24, 2.45) is 4.99 Å². The number of aromatic nitrogens is 1. The first-order valence-electron chi connectivity index (χ1n) is 8.18. The lowest BCUT2D eigenvalue weighted by Gasteiger charge is -2.28. The van der Waals surface area contributed by atoms with E-state index in [0.29, 0.717) is 5.69 Å². The summed E-state index contributed by atoms with van der Waals surface area (Å²) in [4.78, 5) is 22.6. The van der Waals surface area contributed by atoms with Gasteiger partial charge in [-0.3, -0.25) is 14.7 Å². The maximum Gasteiger partial charge on any atom is 0.534 e. The van der Waals surface area contributed by atoms with Gasteiger partial charge in [-0.15, -0.1) is 0 Å². The Morgan fingerprint density at radius 1 is 1.17 bits per heavy atom. The molecule has 3 heterocycles. The van der Waals surface area contributed by atoms with Crippen LogP contribution in [0.4, 0.5) is 18.9 Å². The van der Waals surface area contributed by atoms with Crippen LogP contribution in [0, 0.1) is 6.92 Å². The topological polar surface area (TPSA) is 88.9 Å². The van der Waals surface area contributed by atoms with E-state index in [1.54, 1.807) is 12.1 Å². The molecule has 0 saturated heterocycles. The Morgan fingerprint density at radius 3 is 2.52 bits per heavy atom. The first kappa shape index (κ1) is 19.7. The van der Waals surface area contributed by atoms with E-state index in [4.69, 9.17) is 0 Å². The summed E-state index contributed by atoms with van der Waals surface area (Å²) in [5, 5.41) is -0.603. The number of aryl methyl sites for hydroxylation is 1. The number of hydrogen-bond acceptors (Lipinski definition) is 7. The highest BCUT2D eigenvalue weighted by atomic mass is 32.2. The van der Waals surface area contributed by atoms with Crippen molar-refractivity contribution in [2.75, 3.05) is 4.90 Å². The van der Waals surface area contributed by atoms with Crippen LogP contribution in [-0.2, 0) is 14.9 Å². The Labute approximate surface area is 167 Å². The number of halogens is 3. The van der Waals surface area contributed by atoms with E-state index in [0.717, 1.165) is 29.6 Å². The monoisotopic (exact) mass is 443 g/mol. The molecule has 2 unspecified atom stereocenters. The molecule has 0 aliphatic carbocycles. The van der Waals surface area contributed by atoms with Gasteiger partial charge in [0.05, 0.1) is 11.9 Å². The van der Waals surface area contributed by atoms with E-state index in [2.05, 4.69) is 14.2 Å². The number of benzene rings is 1. The quantitative estimate of drug-likeness (QED) is 0.535. The number of rotatable bonds is 3. The number of carbonyl (C=O) groups excluding carboxylic acids is 1. The van der Waals surface area contributed by atoms with Crippen LogP contribution in [0.3, 0.4) is 0 Å². The van der Waals surface area contributed by atoms with E-state index in [-0.39, 0.29) is 16.5 Å². The highest BCUT2D eigenvalue weighted by Gasteiger charge is 2.51. The van der Waals surface area contributed by atoms with E-state index in [1.165, 1.54) is 11.2 Å². The third-order valence-corrected chi connectivity index (χ3v) is 6.58. The molecule has 0 spiro atoms. The molecule has 1 aromatic heterocycles. The number of aliphatic imine (C=N–C) groups is 1. The third kappa shape index (κ3) is 3.35. The van der Waals surface area contributed by atoms with Gasteiger partial charge in [-0.1, -0.05) is 29.5 Å². The predicted molar refractivity (Wildman–Crippen MR) is 99.4 cm³/mol. The molecule has 0 fully saturated rings. The Bertz CT molecular complexity index is 1120. The fraction of sp³-hybridized carbons (Fsp3) is 0.235. The Morgan fingerprint density at radius 2 is 1.86 bits per heavy atom. The molecular formula is C17H12F3N3O4S2. The maximum atomic E-state index is 13.0. The fourth-order valence-electron chi connectivity index (χ4n) is 2.95. The first-order valence-corrected chi connectivity index (χ1v) is 10.5. The Hall–Kier alpha value is -2.60. The second kappa shape index (κ2) is 6.73. The number of thioether (sulfide) groups is 1. The van der Waals surface area contributed by atoms with Gasteiger partial charge in [-0.05, 0) is 19.1 Å². The van der Waals surface area contributed by atoms with Gasteiger partial charge < -0.3 is 4.18 Å². The molecule has 1 amide bonds. The number of nitrogens with zero attached hydrogens (tertiary/aromatic N) is 3. The van der Waals surface area contributed by atoms with Crippen molar-refractivity contribution in [3.63, 3.8) is 0 Å². The van der Waals surface area contributed by atoms with Crippen LogP contribution < -0.4 is 9.08 Å². The molecule has 0 N–H and O–H groups in total. The number of carbonyl (C=O) groups is 1. The van der Waals surface area contributed by atoms with Crippen molar-refractivity contribution in [1.82, 2.24) is 4.98 Å². The Balaban J connectivity index is 1.70. The zero-order valence-electron chi connectivity index (χ0n) is 14.6. The Kier molecular flexibility index (Phi) is 4.57. The number of anilines is 1. The van der Waals surface area contributed by atoms with Gasteiger partial charge in [0.15, 0.2) is 5.75 Å². The van der Waals surface area contributed by atoms with Gasteiger partial charge in [-0.2, -0.15) is 21.6 Å². The van der Waals surface area contributed by atoms with Crippen LogP contribution in [0.1, 0.15) is 17.2 Å². The van der Waals surface area contributed by atoms with Crippen molar-refractivity contribution >= 4 is 39.8 Å². The van der Waals surface area contributed by atoms with Crippen LogP contribution in [0.5, 0.6) is 5.75 Å². The molecule has 0 bridgehead atoms. The molecule has 1 aromatic carbocycles. The largest absolute Gasteiger partial charge is 0.534 e. The summed E-state index contributed by atoms with van der Waals surface area (Å²) >= 11 is 1.01. The van der Waals surface area contributed by atoms with E-state index in [1.807, 2.05) is 19.1 Å². The van der Waals surface area contributed by atoms with Crippen molar-refractivity contribution in [2.45, 2.75) is 28.7 Å². The molecule has 2 atom stereocenters. The second-order valence-corrected chi connectivity index (χ2v) is 8.97. The average Bonchev–Trinajstić information content (AvgIpc) is 3.02. The van der Waals surface area contributed by atoms with Gasteiger partial charge in [0, 0.05) is 18.0 Å². The number of fused-ring (bicyclic) bond motifs is 3. The molecule has 29 heavy (non-hydrogen) atoms. The smallest absolute Gasteiger partial charge is 0.375 e. The van der Waals surface area contributed by atoms with Crippen LogP contribution in [0.25, 0.3) is 0 Å². The molecule has 0 radical (unpaired) electrons. The van der Waals surface area contributed by atoms with Crippen molar-refractivity contribution < 1.29 is 30.6 Å².